The number of aliphatic hydroxyl groups is 1. The van der Waals surface area contributed by atoms with Crippen molar-refractivity contribution in [1.82, 2.24) is 15.2 Å². The maximum Gasteiger partial charge on any atom is 0.317 e. The molecule has 0 saturated carbocycles. The normalized spacial score (nSPS) is 15.3. The lowest BCUT2D eigenvalue weighted by atomic mass is 9.95. The second-order valence-electron chi connectivity index (χ2n) is 7.83. The van der Waals surface area contributed by atoms with Crippen molar-refractivity contribution in [3.63, 3.8) is 0 Å². The van der Waals surface area contributed by atoms with Gasteiger partial charge in [0.25, 0.3) is 6.43 Å². The Morgan fingerprint density at radius 3 is 2.74 bits per heavy atom. The third-order valence-corrected chi connectivity index (χ3v) is 5.83. The van der Waals surface area contributed by atoms with Crippen LogP contribution in [0.2, 0.25) is 0 Å². The van der Waals surface area contributed by atoms with E-state index in [-0.39, 0.29) is 24.1 Å². The molecule has 2 aromatic carbocycles. The van der Waals surface area contributed by atoms with Crippen molar-refractivity contribution in [3.05, 3.63) is 65.0 Å². The molecule has 1 aliphatic heterocycles. The predicted octanol–water partition coefficient (Wildman–Crippen LogP) is 3.45. The van der Waals surface area contributed by atoms with E-state index in [0.29, 0.717) is 29.9 Å². The molecular weight excluding hydrogens is 444 g/mol. The Kier molecular flexibility index (Phi) is 8.38. The number of nitrogens with zero attached hydrogens (tertiary/aromatic N) is 2. The first-order valence-electron chi connectivity index (χ1n) is 10.8. The number of aliphatic hydroxyl groups excluding tert-OH is 1. The van der Waals surface area contributed by atoms with Gasteiger partial charge in [0, 0.05) is 56.3 Å². The highest BCUT2D eigenvalue weighted by Gasteiger charge is 2.27. The molecule has 0 bridgehead atoms. The third-order valence-electron chi connectivity index (χ3n) is 5.83. The fourth-order valence-electron chi connectivity index (χ4n) is 4.13. The van der Waals surface area contributed by atoms with Crippen molar-refractivity contribution in [1.29, 1.82) is 0 Å². The highest BCUT2D eigenvalue weighted by molar-refractivity contribution is 6.31. The van der Waals surface area contributed by atoms with Crippen LogP contribution in [0.25, 0.3) is 10.9 Å². The molecule has 178 valence electrons. The van der Waals surface area contributed by atoms with Crippen LogP contribution in [0.3, 0.4) is 0 Å². The molecule has 4 rings (SSSR count). The van der Waals surface area contributed by atoms with E-state index in [4.69, 9.17) is 13.0 Å². The van der Waals surface area contributed by atoms with E-state index in [1.807, 2.05) is 18.2 Å². The predicted molar refractivity (Wildman–Crippen MR) is 127 cm³/mol. The minimum atomic E-state index is -2.88. The first kappa shape index (κ1) is 25.4. The molecule has 0 aliphatic carbocycles. The summed E-state index contributed by atoms with van der Waals surface area (Å²) in [6, 6.07) is 11.3. The Balaban J connectivity index is 0.00000158. The second-order valence-corrected chi connectivity index (χ2v) is 7.83. The summed E-state index contributed by atoms with van der Waals surface area (Å²) in [5, 5.41) is 13.6. The van der Waals surface area contributed by atoms with Crippen molar-refractivity contribution in [2.24, 2.45) is 0 Å². The lowest BCUT2D eigenvalue weighted by molar-refractivity contribution is 0.146. The van der Waals surface area contributed by atoms with Gasteiger partial charge in [0.15, 0.2) is 0 Å². The van der Waals surface area contributed by atoms with Crippen LogP contribution in [-0.2, 0) is 6.54 Å². The van der Waals surface area contributed by atoms with Crippen LogP contribution in [0, 0.1) is 5.82 Å². The number of anilines is 1. The van der Waals surface area contributed by atoms with E-state index in [1.165, 1.54) is 12.1 Å². The Morgan fingerprint density at radius 2 is 2.03 bits per heavy atom. The number of amides is 2. The van der Waals surface area contributed by atoms with Crippen LogP contribution in [0.4, 0.5) is 23.7 Å². The van der Waals surface area contributed by atoms with Gasteiger partial charge in [-0.05, 0) is 35.8 Å². The SMILES string of the molecule is CO.[B]c1cc(NCc2cccc(C(F)F)c2F)c2cc(C3CCN(C(=O)NC)C3)ccc2n1. The summed E-state index contributed by atoms with van der Waals surface area (Å²) in [7, 11) is 8.55. The number of pyridine rings is 1. The number of hydrogen-bond donors (Lipinski definition) is 3. The van der Waals surface area contributed by atoms with Crippen LogP contribution in [0.1, 0.15) is 35.5 Å². The van der Waals surface area contributed by atoms with Gasteiger partial charge >= 0.3 is 6.03 Å². The lowest BCUT2D eigenvalue weighted by Crippen LogP contribution is -2.36. The monoisotopic (exact) mass is 470 g/mol. The number of halogens is 3. The number of benzene rings is 2. The molecule has 34 heavy (non-hydrogen) atoms. The van der Waals surface area contributed by atoms with Gasteiger partial charge in [-0.2, -0.15) is 0 Å². The first-order chi connectivity index (χ1) is 16.4. The van der Waals surface area contributed by atoms with Gasteiger partial charge in [-0.25, -0.2) is 18.0 Å². The van der Waals surface area contributed by atoms with Gasteiger partial charge in [-0.15, -0.1) is 0 Å². The fraction of sp³-hybridized carbons (Fsp3) is 0.333. The topological polar surface area (TPSA) is 77.5 Å². The molecule has 2 amide bonds. The molecular formula is C24H26BF3N4O2. The molecule has 1 aliphatic rings. The Bertz CT molecular complexity index is 1160. The maximum atomic E-state index is 14.4. The molecule has 2 radical (unpaired) electrons. The number of carbonyl (C=O) groups is 1. The van der Waals surface area contributed by atoms with Crippen LogP contribution < -0.4 is 16.2 Å². The van der Waals surface area contributed by atoms with Crippen LogP contribution in [-0.4, -0.2) is 56.1 Å². The molecule has 1 saturated heterocycles. The average molecular weight is 470 g/mol. The van der Waals surface area contributed by atoms with Gasteiger partial charge in [-0.3, -0.25) is 4.98 Å². The van der Waals surface area contributed by atoms with Crippen LogP contribution in [0.15, 0.2) is 42.5 Å². The fourth-order valence-corrected chi connectivity index (χ4v) is 4.13. The summed E-state index contributed by atoms with van der Waals surface area (Å²) in [4.78, 5) is 18.0. The summed E-state index contributed by atoms with van der Waals surface area (Å²) >= 11 is 0. The molecule has 1 aromatic heterocycles. The zero-order chi connectivity index (χ0) is 24.8. The van der Waals surface area contributed by atoms with Crippen LogP contribution in [0.5, 0.6) is 0 Å². The Hall–Kier alpha value is -3.27. The quantitative estimate of drug-likeness (QED) is 0.500. The number of alkyl halides is 2. The van der Waals surface area contributed by atoms with Gasteiger partial charge in [-0.1, -0.05) is 24.3 Å². The molecule has 2 heterocycles. The molecule has 3 N–H and O–H groups in total. The lowest BCUT2D eigenvalue weighted by Gasteiger charge is -2.17. The largest absolute Gasteiger partial charge is 0.400 e. The summed E-state index contributed by atoms with van der Waals surface area (Å²) in [5.74, 6) is -0.732. The van der Waals surface area contributed by atoms with E-state index >= 15 is 0 Å². The van der Waals surface area contributed by atoms with Crippen molar-refractivity contribution < 1.29 is 23.1 Å². The highest BCUT2D eigenvalue weighted by atomic mass is 19.3. The number of fused-ring (bicyclic) bond motifs is 1. The Labute approximate surface area is 197 Å². The summed E-state index contributed by atoms with van der Waals surface area (Å²) < 4.78 is 40.4. The standard InChI is InChI=1S/C23H22BF3N4O.CH4O/c1-28-23(32)31-8-7-15(12-31)13-5-6-18-17(9-13)19(10-20(24)30-18)29-11-14-3-2-4-16(21(14)25)22(26)27;1-2/h2-6,9-10,15,22H,7-8,11-12H2,1H3,(H,28,32)(H,29,30);2H,1H3. The van der Waals surface area contributed by atoms with Gasteiger partial charge < -0.3 is 20.6 Å². The molecule has 6 nitrogen and oxygen atoms in total. The molecule has 3 aromatic rings. The minimum absolute atomic E-state index is 0.0169. The number of aromatic nitrogens is 1. The van der Waals surface area contributed by atoms with Crippen molar-refractivity contribution in [2.75, 3.05) is 32.6 Å². The number of carbonyl (C=O) groups excluding carboxylic acids is 1. The van der Waals surface area contributed by atoms with Crippen molar-refractivity contribution >= 4 is 36.1 Å². The van der Waals surface area contributed by atoms with E-state index in [1.54, 1.807) is 18.0 Å². The zero-order valence-electron chi connectivity index (χ0n) is 19.0. The zero-order valence-corrected chi connectivity index (χ0v) is 19.0. The third kappa shape index (κ3) is 5.44. The van der Waals surface area contributed by atoms with E-state index in [2.05, 4.69) is 15.6 Å². The van der Waals surface area contributed by atoms with E-state index in [9.17, 15) is 18.0 Å². The summed E-state index contributed by atoms with van der Waals surface area (Å²) in [5.41, 5.74) is 2.18. The van der Waals surface area contributed by atoms with Crippen molar-refractivity contribution in [2.45, 2.75) is 25.3 Å². The number of likely N-dealkylation sites (tertiary alicyclic amines) is 1. The molecule has 0 spiro atoms. The molecule has 10 heteroatoms. The number of urea groups is 1. The second kappa shape index (κ2) is 11.2. The molecule has 1 atom stereocenters. The van der Waals surface area contributed by atoms with Crippen LogP contribution >= 0.6 is 0 Å². The van der Waals surface area contributed by atoms with Crippen molar-refractivity contribution in [3.8, 4) is 0 Å². The smallest absolute Gasteiger partial charge is 0.317 e. The van der Waals surface area contributed by atoms with E-state index < -0.39 is 17.8 Å². The van der Waals surface area contributed by atoms with Gasteiger partial charge in [0.2, 0.25) is 0 Å². The average Bonchev–Trinajstić information content (AvgIpc) is 3.34. The van der Waals surface area contributed by atoms with Gasteiger partial charge in [0.1, 0.15) is 13.7 Å². The molecule has 1 unspecified atom stereocenters. The maximum absolute atomic E-state index is 14.4. The van der Waals surface area contributed by atoms with E-state index in [0.717, 1.165) is 30.5 Å². The highest BCUT2D eigenvalue weighted by Crippen LogP contribution is 2.32. The summed E-state index contributed by atoms with van der Waals surface area (Å²) in [6.45, 7) is 1.30. The summed E-state index contributed by atoms with van der Waals surface area (Å²) in [6.07, 6.45) is -2.04. The first-order valence-corrected chi connectivity index (χ1v) is 10.8. The number of nitrogens with one attached hydrogen (secondary N) is 2. The van der Waals surface area contributed by atoms with Gasteiger partial charge in [0.05, 0.1) is 11.1 Å². The number of rotatable bonds is 5. The Morgan fingerprint density at radius 1 is 1.26 bits per heavy atom. The minimum Gasteiger partial charge on any atom is -0.400 e. The molecule has 1 fully saturated rings. The number of hydrogen-bond acceptors (Lipinski definition) is 4.